The highest BCUT2D eigenvalue weighted by molar-refractivity contribution is 6.32. The van der Waals surface area contributed by atoms with Crippen molar-refractivity contribution in [3.8, 4) is 6.07 Å². The Morgan fingerprint density at radius 1 is 1.14 bits per heavy atom. The minimum absolute atomic E-state index is 0.00114. The topological polar surface area (TPSA) is 118 Å². The first-order valence-corrected chi connectivity index (χ1v) is 14.0. The summed E-state index contributed by atoms with van der Waals surface area (Å²) in [5.74, 6) is -6.26. The second kappa shape index (κ2) is 11.6. The van der Waals surface area contributed by atoms with Gasteiger partial charge in [-0.05, 0) is 48.4 Å². The summed E-state index contributed by atoms with van der Waals surface area (Å²) >= 11 is 6.63. The molecule has 2 aromatic carbocycles. The first-order chi connectivity index (χ1) is 20.4. The summed E-state index contributed by atoms with van der Waals surface area (Å²) in [5.41, 5.74) is -0.311. The highest BCUT2D eigenvalue weighted by Crippen LogP contribution is 2.47. The number of amides is 3. The number of benzene rings is 2. The Morgan fingerprint density at radius 2 is 1.88 bits per heavy atom. The van der Waals surface area contributed by atoms with E-state index in [1.165, 1.54) is 18.3 Å². The number of halogens is 3. The number of pyridine rings is 1. The maximum atomic E-state index is 14.7. The molecule has 43 heavy (non-hydrogen) atoms. The Balaban J connectivity index is 1.69. The summed E-state index contributed by atoms with van der Waals surface area (Å²) < 4.78 is 27.5. The van der Waals surface area contributed by atoms with E-state index in [-0.39, 0.29) is 34.8 Å². The zero-order chi connectivity index (χ0) is 30.9. The van der Waals surface area contributed by atoms with Crippen molar-refractivity contribution >= 4 is 46.5 Å². The van der Waals surface area contributed by atoms with Crippen molar-refractivity contribution in [3.63, 3.8) is 0 Å². The SMILES string of the molecule is CN(C)c1cccc(NC(=O)C2([C@@H](C(=O)NC3CC(F)(F)C3)c3ccccc3Cl)CCC(=O)N2c2cc(C#N)ccn2)c1. The minimum Gasteiger partial charge on any atom is -0.378 e. The van der Waals surface area contributed by atoms with Gasteiger partial charge in [-0.2, -0.15) is 5.26 Å². The van der Waals surface area contributed by atoms with Crippen LogP contribution in [0.2, 0.25) is 5.02 Å². The fourth-order valence-electron chi connectivity index (χ4n) is 5.78. The predicted molar refractivity (Wildman–Crippen MR) is 158 cm³/mol. The molecule has 1 aromatic heterocycles. The fourth-order valence-corrected chi connectivity index (χ4v) is 6.02. The van der Waals surface area contributed by atoms with Gasteiger partial charge in [0.2, 0.25) is 11.8 Å². The Morgan fingerprint density at radius 3 is 2.56 bits per heavy atom. The minimum atomic E-state index is -2.90. The number of aromatic nitrogens is 1. The van der Waals surface area contributed by atoms with Crippen molar-refractivity contribution in [2.75, 3.05) is 29.2 Å². The first-order valence-electron chi connectivity index (χ1n) is 13.7. The molecule has 1 aliphatic carbocycles. The molecular weight excluding hydrogens is 578 g/mol. The fraction of sp³-hybridized carbons (Fsp3) is 0.323. The molecule has 2 atom stereocenters. The number of alkyl halides is 2. The predicted octanol–water partition coefficient (Wildman–Crippen LogP) is 4.87. The van der Waals surface area contributed by atoms with Gasteiger partial charge in [-0.25, -0.2) is 13.8 Å². The Labute approximate surface area is 252 Å². The monoisotopic (exact) mass is 606 g/mol. The lowest BCUT2D eigenvalue weighted by Gasteiger charge is -2.43. The average molecular weight is 607 g/mol. The van der Waals surface area contributed by atoms with E-state index in [1.54, 1.807) is 42.5 Å². The van der Waals surface area contributed by atoms with Crippen LogP contribution in [0.15, 0.2) is 66.9 Å². The Bertz CT molecular complexity index is 1620. The van der Waals surface area contributed by atoms with E-state index in [9.17, 15) is 28.4 Å². The molecule has 2 N–H and O–H groups in total. The summed E-state index contributed by atoms with van der Waals surface area (Å²) in [6.07, 6.45) is 0.00849. The normalized spacial score (nSPS) is 20.1. The summed E-state index contributed by atoms with van der Waals surface area (Å²) in [4.78, 5) is 49.8. The van der Waals surface area contributed by atoms with Gasteiger partial charge in [0.15, 0.2) is 0 Å². The zero-order valence-electron chi connectivity index (χ0n) is 23.5. The molecule has 0 bridgehead atoms. The largest absolute Gasteiger partial charge is 0.378 e. The van der Waals surface area contributed by atoms with Crippen LogP contribution in [-0.4, -0.2) is 54.3 Å². The van der Waals surface area contributed by atoms with Gasteiger partial charge in [0.05, 0.1) is 17.6 Å². The smallest absolute Gasteiger partial charge is 0.252 e. The van der Waals surface area contributed by atoms with Gasteiger partial charge < -0.3 is 15.5 Å². The second-order valence-corrected chi connectivity index (χ2v) is 11.4. The summed E-state index contributed by atoms with van der Waals surface area (Å²) in [5, 5.41) is 15.3. The molecule has 9 nitrogen and oxygen atoms in total. The molecule has 1 saturated heterocycles. The number of nitrogens with zero attached hydrogens (tertiary/aromatic N) is 4. The lowest BCUT2D eigenvalue weighted by atomic mass is 9.74. The molecule has 1 aliphatic heterocycles. The van der Waals surface area contributed by atoms with Gasteiger partial charge in [-0.1, -0.05) is 35.9 Å². The lowest BCUT2D eigenvalue weighted by Crippen LogP contribution is -2.63. The third kappa shape index (κ3) is 5.75. The standard InChI is InChI=1S/C31H29ClF2N6O3/c1-39(2)22-7-5-6-20(15-22)38-29(43)31(12-10-26(41)40(31)25-14-19(18-35)11-13-36-25)27(23-8-3-4-9-24(23)32)28(42)37-21-16-30(33,34)17-21/h3-9,11,13-15,21,27H,10,12,16-17H2,1-2H3,(H,37,42)(H,38,43)/t27-,31?/m1/s1. The maximum absolute atomic E-state index is 14.7. The maximum Gasteiger partial charge on any atom is 0.252 e. The molecule has 12 heteroatoms. The number of rotatable bonds is 8. The molecule has 0 spiro atoms. The van der Waals surface area contributed by atoms with Gasteiger partial charge in [0.25, 0.3) is 11.8 Å². The van der Waals surface area contributed by atoms with Crippen LogP contribution in [0.4, 0.5) is 26.0 Å². The number of hydrogen-bond donors (Lipinski definition) is 2. The van der Waals surface area contributed by atoms with E-state index in [2.05, 4.69) is 15.6 Å². The molecule has 222 valence electrons. The highest BCUT2D eigenvalue weighted by atomic mass is 35.5. The summed E-state index contributed by atoms with van der Waals surface area (Å²) in [6, 6.07) is 17.4. The van der Waals surface area contributed by atoms with Gasteiger partial charge in [-0.3, -0.25) is 19.3 Å². The molecule has 3 amide bonds. The van der Waals surface area contributed by atoms with Crippen LogP contribution in [0.1, 0.15) is 42.7 Å². The van der Waals surface area contributed by atoms with Crippen molar-refractivity contribution in [1.29, 1.82) is 5.26 Å². The van der Waals surface area contributed by atoms with E-state index in [0.29, 0.717) is 5.69 Å². The molecular formula is C31H29ClF2N6O3. The van der Waals surface area contributed by atoms with E-state index >= 15 is 0 Å². The third-order valence-electron chi connectivity index (χ3n) is 7.88. The van der Waals surface area contributed by atoms with Crippen molar-refractivity contribution in [3.05, 3.63) is 83.0 Å². The molecule has 1 unspecified atom stereocenters. The zero-order valence-corrected chi connectivity index (χ0v) is 24.2. The lowest BCUT2D eigenvalue weighted by molar-refractivity contribution is -0.136. The molecule has 0 radical (unpaired) electrons. The van der Waals surface area contributed by atoms with Gasteiger partial charge >= 0.3 is 0 Å². The van der Waals surface area contributed by atoms with E-state index in [1.807, 2.05) is 31.1 Å². The molecule has 2 heterocycles. The summed E-state index contributed by atoms with van der Waals surface area (Å²) in [6.45, 7) is 0. The van der Waals surface area contributed by atoms with Crippen molar-refractivity contribution in [2.24, 2.45) is 0 Å². The van der Waals surface area contributed by atoms with Gasteiger partial charge in [0.1, 0.15) is 11.4 Å². The molecule has 3 aromatic rings. The second-order valence-electron chi connectivity index (χ2n) is 11.0. The number of carbonyl (C=O) groups is 3. The van der Waals surface area contributed by atoms with Gasteiger partial charge in [0, 0.05) is 62.0 Å². The van der Waals surface area contributed by atoms with Crippen LogP contribution < -0.4 is 20.4 Å². The number of carbonyl (C=O) groups excluding carboxylic acids is 3. The van der Waals surface area contributed by atoms with Gasteiger partial charge in [-0.15, -0.1) is 0 Å². The number of anilines is 3. The number of nitriles is 1. The van der Waals surface area contributed by atoms with Crippen molar-refractivity contribution in [1.82, 2.24) is 10.3 Å². The van der Waals surface area contributed by atoms with Crippen LogP contribution in [0.5, 0.6) is 0 Å². The Kier molecular flexibility index (Phi) is 8.08. The van der Waals surface area contributed by atoms with E-state index < -0.39 is 54.0 Å². The van der Waals surface area contributed by atoms with Crippen LogP contribution in [0, 0.1) is 11.3 Å². The van der Waals surface area contributed by atoms with Crippen LogP contribution in [0.3, 0.4) is 0 Å². The number of nitrogens with one attached hydrogen (secondary N) is 2. The number of hydrogen-bond acceptors (Lipinski definition) is 6. The van der Waals surface area contributed by atoms with Crippen molar-refractivity contribution < 1.29 is 23.2 Å². The highest BCUT2D eigenvalue weighted by Gasteiger charge is 2.61. The van der Waals surface area contributed by atoms with Crippen molar-refractivity contribution in [2.45, 2.75) is 49.1 Å². The average Bonchev–Trinajstić information content (AvgIpc) is 3.30. The molecule has 1 saturated carbocycles. The molecule has 2 fully saturated rings. The van der Waals surface area contributed by atoms with Crippen LogP contribution in [0.25, 0.3) is 0 Å². The summed E-state index contributed by atoms with van der Waals surface area (Å²) in [7, 11) is 3.69. The Hall–Kier alpha value is -4.56. The quantitative estimate of drug-likeness (QED) is 0.378. The van der Waals surface area contributed by atoms with Crippen LogP contribution in [-0.2, 0) is 14.4 Å². The molecule has 2 aliphatic rings. The molecule has 5 rings (SSSR count). The van der Waals surface area contributed by atoms with E-state index in [0.717, 1.165) is 10.6 Å². The van der Waals surface area contributed by atoms with Crippen LogP contribution >= 0.6 is 11.6 Å². The third-order valence-corrected chi connectivity index (χ3v) is 8.22. The van der Waals surface area contributed by atoms with E-state index in [4.69, 9.17) is 11.6 Å². The first kappa shape index (κ1) is 29.9.